The van der Waals surface area contributed by atoms with Crippen LogP contribution in [0.25, 0.3) is 0 Å². The first-order valence-corrected chi connectivity index (χ1v) is 5.63. The minimum absolute atomic E-state index is 0.101. The molecule has 0 amide bonds. The van der Waals surface area contributed by atoms with Crippen molar-refractivity contribution in [3.8, 4) is 0 Å². The largest absolute Gasteiger partial charge is 0.358 e. The summed E-state index contributed by atoms with van der Waals surface area (Å²) in [5.41, 5.74) is -0.101. The lowest BCUT2D eigenvalue weighted by atomic mass is 10.4. The second kappa shape index (κ2) is 6.27. The second-order valence-electron chi connectivity index (χ2n) is 3.86. The Kier molecular flexibility index (Phi) is 4.98. The Morgan fingerprint density at radius 2 is 2.25 bits per heavy atom. The molecule has 1 heterocycles. The van der Waals surface area contributed by atoms with Crippen LogP contribution in [0.15, 0.2) is 10.9 Å². The minimum Gasteiger partial charge on any atom is -0.358 e. The normalized spacial score (nSPS) is 10.4. The molecule has 16 heavy (non-hydrogen) atoms. The lowest BCUT2D eigenvalue weighted by molar-refractivity contribution is 0.663. The van der Waals surface area contributed by atoms with Crippen LogP contribution in [-0.2, 0) is 0 Å². The zero-order valence-electron chi connectivity index (χ0n) is 10.2. The molecule has 1 rings (SSSR count). The summed E-state index contributed by atoms with van der Waals surface area (Å²) in [4.78, 5) is 20.1. The van der Waals surface area contributed by atoms with E-state index in [2.05, 4.69) is 22.2 Å². The Balaban J connectivity index is 2.52. The van der Waals surface area contributed by atoms with Crippen LogP contribution in [0.3, 0.4) is 0 Å². The molecule has 0 spiro atoms. The standard InChI is InChI=1S/C11H20N4O/c1-4-5-12-6-7-15(3)10-8-11(16)14-9(2)13-10/h8,12H,4-7H2,1-3H3,(H,13,14,16). The van der Waals surface area contributed by atoms with E-state index in [1.54, 1.807) is 6.92 Å². The molecule has 90 valence electrons. The molecule has 0 aliphatic heterocycles. The smallest absolute Gasteiger partial charge is 0.252 e. The monoisotopic (exact) mass is 224 g/mol. The van der Waals surface area contributed by atoms with Crippen LogP contribution < -0.4 is 15.8 Å². The summed E-state index contributed by atoms with van der Waals surface area (Å²) in [6, 6.07) is 1.52. The molecule has 0 aliphatic rings. The average molecular weight is 224 g/mol. The van der Waals surface area contributed by atoms with Crippen LogP contribution in [0.5, 0.6) is 0 Å². The molecule has 0 aromatic carbocycles. The number of aromatic amines is 1. The number of hydrogen-bond acceptors (Lipinski definition) is 4. The fourth-order valence-electron chi connectivity index (χ4n) is 1.42. The highest BCUT2D eigenvalue weighted by Gasteiger charge is 2.03. The molecule has 5 heteroatoms. The van der Waals surface area contributed by atoms with Gasteiger partial charge in [0.1, 0.15) is 11.6 Å². The number of aromatic nitrogens is 2. The van der Waals surface area contributed by atoms with Gasteiger partial charge in [-0.3, -0.25) is 4.79 Å². The van der Waals surface area contributed by atoms with Crippen molar-refractivity contribution in [2.75, 3.05) is 31.6 Å². The predicted octanol–water partition coefficient (Wildman–Crippen LogP) is 0.514. The summed E-state index contributed by atoms with van der Waals surface area (Å²) in [7, 11) is 1.94. The summed E-state index contributed by atoms with van der Waals surface area (Å²) in [6.45, 7) is 6.69. The van der Waals surface area contributed by atoms with E-state index in [0.717, 1.165) is 31.9 Å². The third kappa shape index (κ3) is 4.02. The summed E-state index contributed by atoms with van der Waals surface area (Å²) >= 11 is 0. The molecule has 0 fully saturated rings. The van der Waals surface area contributed by atoms with E-state index in [9.17, 15) is 4.79 Å². The van der Waals surface area contributed by atoms with Gasteiger partial charge >= 0.3 is 0 Å². The highest BCUT2D eigenvalue weighted by molar-refractivity contribution is 5.35. The van der Waals surface area contributed by atoms with Crippen molar-refractivity contribution in [1.82, 2.24) is 15.3 Å². The highest BCUT2D eigenvalue weighted by atomic mass is 16.1. The summed E-state index contributed by atoms with van der Waals surface area (Å²) in [5, 5.41) is 3.31. The number of H-pyrrole nitrogens is 1. The molecule has 1 aromatic heterocycles. The van der Waals surface area contributed by atoms with E-state index in [1.165, 1.54) is 6.07 Å². The maximum atomic E-state index is 11.3. The Labute approximate surface area is 95.9 Å². The first-order valence-electron chi connectivity index (χ1n) is 5.63. The fourth-order valence-corrected chi connectivity index (χ4v) is 1.42. The Hall–Kier alpha value is -1.36. The van der Waals surface area contributed by atoms with Gasteiger partial charge in [-0.05, 0) is 19.9 Å². The lowest BCUT2D eigenvalue weighted by Gasteiger charge is -2.18. The molecule has 5 nitrogen and oxygen atoms in total. The maximum absolute atomic E-state index is 11.3. The molecule has 0 atom stereocenters. The van der Waals surface area contributed by atoms with Crippen LogP contribution in [-0.4, -0.2) is 36.6 Å². The van der Waals surface area contributed by atoms with Crippen molar-refractivity contribution in [1.29, 1.82) is 0 Å². The molecule has 0 saturated heterocycles. The Morgan fingerprint density at radius 3 is 2.88 bits per heavy atom. The van der Waals surface area contributed by atoms with E-state index >= 15 is 0 Å². The van der Waals surface area contributed by atoms with Crippen LogP contribution >= 0.6 is 0 Å². The van der Waals surface area contributed by atoms with Crippen LogP contribution in [0.2, 0.25) is 0 Å². The number of nitrogens with one attached hydrogen (secondary N) is 2. The third-order valence-corrected chi connectivity index (χ3v) is 2.29. The molecule has 0 unspecified atom stereocenters. The molecular formula is C11H20N4O. The van der Waals surface area contributed by atoms with Gasteiger partial charge in [0.15, 0.2) is 0 Å². The first-order chi connectivity index (χ1) is 7.63. The number of hydrogen-bond donors (Lipinski definition) is 2. The van der Waals surface area contributed by atoms with E-state index in [1.807, 2.05) is 11.9 Å². The van der Waals surface area contributed by atoms with Gasteiger partial charge in [0.25, 0.3) is 5.56 Å². The molecular weight excluding hydrogens is 204 g/mol. The molecule has 0 radical (unpaired) electrons. The van der Waals surface area contributed by atoms with Crippen LogP contribution in [0.1, 0.15) is 19.2 Å². The summed E-state index contributed by atoms with van der Waals surface area (Å²) < 4.78 is 0. The van der Waals surface area contributed by atoms with Crippen molar-refractivity contribution in [3.05, 3.63) is 22.2 Å². The second-order valence-corrected chi connectivity index (χ2v) is 3.86. The predicted molar refractivity (Wildman–Crippen MR) is 66.0 cm³/mol. The lowest BCUT2D eigenvalue weighted by Crippen LogP contribution is -2.31. The molecule has 0 bridgehead atoms. The van der Waals surface area contributed by atoms with E-state index < -0.39 is 0 Å². The zero-order chi connectivity index (χ0) is 12.0. The van der Waals surface area contributed by atoms with Gasteiger partial charge in [0.05, 0.1) is 0 Å². The van der Waals surface area contributed by atoms with Crippen molar-refractivity contribution in [3.63, 3.8) is 0 Å². The van der Waals surface area contributed by atoms with Crippen molar-refractivity contribution in [2.45, 2.75) is 20.3 Å². The van der Waals surface area contributed by atoms with Crippen molar-refractivity contribution >= 4 is 5.82 Å². The van der Waals surface area contributed by atoms with Gasteiger partial charge in [0, 0.05) is 26.2 Å². The number of likely N-dealkylation sites (N-methyl/N-ethyl adjacent to an activating group) is 1. The number of nitrogens with zero attached hydrogens (tertiary/aromatic N) is 2. The minimum atomic E-state index is -0.101. The fraction of sp³-hybridized carbons (Fsp3) is 0.636. The van der Waals surface area contributed by atoms with Crippen LogP contribution in [0.4, 0.5) is 5.82 Å². The zero-order valence-corrected chi connectivity index (χ0v) is 10.2. The van der Waals surface area contributed by atoms with Gasteiger partial charge in [-0.15, -0.1) is 0 Å². The Morgan fingerprint density at radius 1 is 1.50 bits per heavy atom. The van der Waals surface area contributed by atoms with Crippen molar-refractivity contribution < 1.29 is 0 Å². The SMILES string of the molecule is CCCNCCN(C)c1cc(=O)[nH]c(C)n1. The number of aryl methyl sites for hydroxylation is 1. The summed E-state index contributed by atoms with van der Waals surface area (Å²) in [6.07, 6.45) is 1.13. The maximum Gasteiger partial charge on any atom is 0.252 e. The average Bonchev–Trinajstić information content (AvgIpc) is 2.22. The summed E-state index contributed by atoms with van der Waals surface area (Å²) in [5.74, 6) is 1.37. The van der Waals surface area contributed by atoms with E-state index in [0.29, 0.717) is 5.82 Å². The highest BCUT2D eigenvalue weighted by Crippen LogP contribution is 2.03. The topological polar surface area (TPSA) is 61.0 Å². The van der Waals surface area contributed by atoms with Crippen molar-refractivity contribution in [2.24, 2.45) is 0 Å². The number of rotatable bonds is 6. The quantitative estimate of drug-likeness (QED) is 0.691. The molecule has 1 aromatic rings. The molecule has 0 saturated carbocycles. The first kappa shape index (κ1) is 12.7. The van der Waals surface area contributed by atoms with Gasteiger partial charge in [-0.1, -0.05) is 6.92 Å². The molecule has 0 aliphatic carbocycles. The third-order valence-electron chi connectivity index (χ3n) is 2.29. The van der Waals surface area contributed by atoms with Gasteiger partial charge in [0.2, 0.25) is 0 Å². The van der Waals surface area contributed by atoms with Gasteiger partial charge in [-0.2, -0.15) is 0 Å². The molecule has 2 N–H and O–H groups in total. The Bertz CT molecular complexity index is 374. The van der Waals surface area contributed by atoms with Crippen LogP contribution in [0, 0.1) is 6.92 Å². The van der Waals surface area contributed by atoms with E-state index in [-0.39, 0.29) is 5.56 Å². The number of anilines is 1. The van der Waals surface area contributed by atoms with Gasteiger partial charge < -0.3 is 15.2 Å². The van der Waals surface area contributed by atoms with Gasteiger partial charge in [-0.25, -0.2) is 4.98 Å². The van der Waals surface area contributed by atoms with E-state index in [4.69, 9.17) is 0 Å².